The van der Waals surface area contributed by atoms with Crippen LogP contribution in [0.1, 0.15) is 49.4 Å². The Hall–Kier alpha value is -1.92. The molecule has 1 aliphatic heterocycles. The number of nitrogens with zero attached hydrogens (tertiary/aromatic N) is 4. The molecule has 0 aromatic carbocycles. The molecule has 3 aromatic rings. The minimum Gasteiger partial charge on any atom is -0.332 e. The number of likely N-dealkylation sites (tertiary alicyclic amines) is 1. The van der Waals surface area contributed by atoms with Gasteiger partial charge in [0.1, 0.15) is 5.82 Å². The molecule has 0 radical (unpaired) electrons. The third-order valence-electron chi connectivity index (χ3n) is 4.93. The molecule has 132 valence electrons. The van der Waals surface area contributed by atoms with E-state index in [1.165, 1.54) is 35.0 Å². The second-order valence-corrected chi connectivity index (χ2v) is 8.27. The summed E-state index contributed by atoms with van der Waals surface area (Å²) in [6.45, 7) is 7.76. The molecule has 0 saturated carbocycles. The summed E-state index contributed by atoms with van der Waals surface area (Å²) in [6, 6.07) is 6.94. The summed E-state index contributed by atoms with van der Waals surface area (Å²) in [7, 11) is 0. The summed E-state index contributed by atoms with van der Waals surface area (Å²) < 4.78 is 2.33. The molecule has 5 nitrogen and oxygen atoms in total. The van der Waals surface area contributed by atoms with Gasteiger partial charge in [0.25, 0.3) is 0 Å². The fraction of sp³-hybridized carbons (Fsp3) is 0.474. The Bertz CT molecular complexity index is 802. The normalized spacial score (nSPS) is 18.9. The lowest BCUT2D eigenvalue weighted by atomic mass is 9.97. The molecule has 1 atom stereocenters. The van der Waals surface area contributed by atoms with E-state index in [0.717, 1.165) is 18.8 Å². The van der Waals surface area contributed by atoms with Gasteiger partial charge in [-0.3, -0.25) is 10.00 Å². The topological polar surface area (TPSA) is 49.7 Å². The number of H-pyrrole nitrogens is 1. The van der Waals surface area contributed by atoms with Crippen molar-refractivity contribution >= 4 is 11.3 Å². The molecule has 1 N–H and O–H groups in total. The number of aromatic nitrogens is 4. The average Bonchev–Trinajstić information content (AvgIpc) is 3.35. The Morgan fingerprint density at radius 1 is 1.28 bits per heavy atom. The van der Waals surface area contributed by atoms with E-state index in [2.05, 4.69) is 56.8 Å². The van der Waals surface area contributed by atoms with Gasteiger partial charge in [-0.05, 0) is 51.4 Å². The van der Waals surface area contributed by atoms with Crippen LogP contribution in [0.2, 0.25) is 0 Å². The van der Waals surface area contributed by atoms with E-state index in [9.17, 15) is 0 Å². The van der Waals surface area contributed by atoms with Gasteiger partial charge >= 0.3 is 0 Å². The van der Waals surface area contributed by atoms with E-state index in [-0.39, 0.29) is 0 Å². The summed E-state index contributed by atoms with van der Waals surface area (Å²) in [5.41, 5.74) is 1.10. The van der Waals surface area contributed by atoms with Crippen molar-refractivity contribution in [1.82, 2.24) is 24.6 Å². The standard InChI is InChI=1S/C19H25N5S/c1-14(2)24-11-9-20-19(24)15-4-3-10-23(12-15)13-16-5-6-18(25-16)17-7-8-21-22-17/h5-9,11,14-15H,3-4,10,12-13H2,1-2H3,(H,21,22). The molecule has 25 heavy (non-hydrogen) atoms. The van der Waals surface area contributed by atoms with Gasteiger partial charge in [0.2, 0.25) is 0 Å². The van der Waals surface area contributed by atoms with Crippen LogP contribution in [0, 0.1) is 0 Å². The first kappa shape index (κ1) is 16.5. The van der Waals surface area contributed by atoms with E-state index in [1.54, 1.807) is 6.20 Å². The number of piperidine rings is 1. The number of thiophene rings is 1. The maximum Gasteiger partial charge on any atom is 0.113 e. The van der Waals surface area contributed by atoms with Crippen molar-refractivity contribution < 1.29 is 0 Å². The van der Waals surface area contributed by atoms with E-state index in [1.807, 2.05) is 23.6 Å². The number of hydrogen-bond acceptors (Lipinski definition) is 4. The molecule has 1 fully saturated rings. The van der Waals surface area contributed by atoms with E-state index in [4.69, 9.17) is 0 Å². The minimum absolute atomic E-state index is 0.474. The van der Waals surface area contributed by atoms with Gasteiger partial charge in [0, 0.05) is 48.5 Å². The highest BCUT2D eigenvalue weighted by atomic mass is 32.1. The van der Waals surface area contributed by atoms with Crippen LogP contribution in [-0.2, 0) is 6.54 Å². The van der Waals surface area contributed by atoms with Crippen molar-refractivity contribution in [2.45, 2.75) is 45.2 Å². The minimum atomic E-state index is 0.474. The third-order valence-corrected chi connectivity index (χ3v) is 6.04. The first-order chi connectivity index (χ1) is 12.2. The Morgan fingerprint density at radius 2 is 2.20 bits per heavy atom. The lowest BCUT2D eigenvalue weighted by Crippen LogP contribution is -2.34. The molecule has 6 heteroatoms. The predicted molar refractivity (Wildman–Crippen MR) is 102 cm³/mol. The summed E-state index contributed by atoms with van der Waals surface area (Å²) >= 11 is 1.86. The van der Waals surface area contributed by atoms with Gasteiger partial charge in [-0.25, -0.2) is 4.98 Å². The number of rotatable bonds is 5. The Labute approximate surface area is 152 Å². The molecule has 0 spiro atoms. The summed E-state index contributed by atoms with van der Waals surface area (Å²) in [4.78, 5) is 9.92. The van der Waals surface area contributed by atoms with E-state index >= 15 is 0 Å². The molecule has 3 aromatic heterocycles. The molecule has 1 saturated heterocycles. The van der Waals surface area contributed by atoms with Crippen LogP contribution >= 0.6 is 11.3 Å². The third kappa shape index (κ3) is 3.55. The molecule has 0 bridgehead atoms. The number of nitrogens with one attached hydrogen (secondary N) is 1. The Kier molecular flexibility index (Phi) is 4.72. The van der Waals surface area contributed by atoms with Crippen LogP contribution in [0.25, 0.3) is 10.6 Å². The fourth-order valence-electron chi connectivity index (χ4n) is 3.71. The molecule has 4 heterocycles. The van der Waals surface area contributed by atoms with Gasteiger partial charge in [0.15, 0.2) is 0 Å². The van der Waals surface area contributed by atoms with Crippen molar-refractivity contribution in [2.24, 2.45) is 0 Å². The number of hydrogen-bond donors (Lipinski definition) is 1. The van der Waals surface area contributed by atoms with Gasteiger partial charge < -0.3 is 4.57 Å². The lowest BCUT2D eigenvalue weighted by Gasteiger charge is -2.32. The molecule has 1 unspecified atom stereocenters. The van der Waals surface area contributed by atoms with Crippen LogP contribution < -0.4 is 0 Å². The highest BCUT2D eigenvalue weighted by Crippen LogP contribution is 2.31. The molecule has 0 aliphatic carbocycles. The van der Waals surface area contributed by atoms with Crippen LogP contribution in [0.15, 0.2) is 36.8 Å². The molecule has 0 amide bonds. The molecular weight excluding hydrogens is 330 g/mol. The molecule has 4 rings (SSSR count). The highest BCUT2D eigenvalue weighted by Gasteiger charge is 2.25. The van der Waals surface area contributed by atoms with Crippen LogP contribution in [0.5, 0.6) is 0 Å². The van der Waals surface area contributed by atoms with Crippen LogP contribution in [0.4, 0.5) is 0 Å². The zero-order valence-electron chi connectivity index (χ0n) is 14.9. The Morgan fingerprint density at radius 3 is 3.00 bits per heavy atom. The van der Waals surface area contributed by atoms with Crippen molar-refractivity contribution in [2.75, 3.05) is 13.1 Å². The smallest absolute Gasteiger partial charge is 0.113 e. The largest absolute Gasteiger partial charge is 0.332 e. The van der Waals surface area contributed by atoms with Crippen molar-refractivity contribution in [3.8, 4) is 10.6 Å². The second-order valence-electron chi connectivity index (χ2n) is 7.10. The predicted octanol–water partition coefficient (Wildman–Crippen LogP) is 4.30. The average molecular weight is 356 g/mol. The van der Waals surface area contributed by atoms with Crippen molar-refractivity contribution in [1.29, 1.82) is 0 Å². The SMILES string of the molecule is CC(C)n1ccnc1C1CCCN(Cc2ccc(-c3ccn[nH]3)s2)C1. The van der Waals surface area contributed by atoms with Crippen molar-refractivity contribution in [3.63, 3.8) is 0 Å². The number of imidazole rings is 1. The lowest BCUT2D eigenvalue weighted by molar-refractivity contribution is 0.195. The monoisotopic (exact) mass is 355 g/mol. The quantitative estimate of drug-likeness (QED) is 0.742. The first-order valence-corrected chi connectivity index (χ1v) is 9.86. The maximum atomic E-state index is 4.67. The maximum absolute atomic E-state index is 4.67. The summed E-state index contributed by atoms with van der Waals surface area (Å²) in [6.07, 6.45) is 8.36. The number of aromatic amines is 1. The molecule has 1 aliphatic rings. The van der Waals surface area contributed by atoms with E-state index < -0.39 is 0 Å². The van der Waals surface area contributed by atoms with Crippen molar-refractivity contribution in [3.05, 3.63) is 47.5 Å². The fourth-order valence-corrected chi connectivity index (χ4v) is 4.73. The van der Waals surface area contributed by atoms with Crippen LogP contribution in [0.3, 0.4) is 0 Å². The van der Waals surface area contributed by atoms with Gasteiger partial charge in [-0.2, -0.15) is 5.10 Å². The van der Waals surface area contributed by atoms with Gasteiger partial charge in [0.05, 0.1) is 10.6 Å². The van der Waals surface area contributed by atoms with Gasteiger partial charge in [-0.15, -0.1) is 11.3 Å². The summed E-state index contributed by atoms with van der Waals surface area (Å²) in [5.74, 6) is 1.79. The van der Waals surface area contributed by atoms with E-state index in [0.29, 0.717) is 12.0 Å². The second kappa shape index (κ2) is 7.14. The van der Waals surface area contributed by atoms with Crippen LogP contribution in [-0.4, -0.2) is 37.7 Å². The highest BCUT2D eigenvalue weighted by molar-refractivity contribution is 7.15. The molecular formula is C19H25N5S. The zero-order valence-corrected chi connectivity index (χ0v) is 15.7. The Balaban J connectivity index is 1.44. The summed E-state index contributed by atoms with van der Waals surface area (Å²) in [5, 5.41) is 7.09. The first-order valence-electron chi connectivity index (χ1n) is 9.04. The zero-order chi connectivity index (χ0) is 17.2. The van der Waals surface area contributed by atoms with Gasteiger partial charge in [-0.1, -0.05) is 0 Å².